The van der Waals surface area contributed by atoms with Crippen molar-refractivity contribution in [3.63, 3.8) is 0 Å². The Kier molecular flexibility index (Phi) is 6.08. The van der Waals surface area contributed by atoms with Gasteiger partial charge in [-0.25, -0.2) is 9.78 Å². The van der Waals surface area contributed by atoms with Crippen molar-refractivity contribution in [3.05, 3.63) is 56.8 Å². The quantitative estimate of drug-likeness (QED) is 0.367. The van der Waals surface area contributed by atoms with E-state index in [1.165, 1.54) is 24.3 Å². The van der Waals surface area contributed by atoms with Crippen LogP contribution < -0.4 is 10.3 Å². The Morgan fingerprint density at radius 1 is 1.03 bits per heavy atom. The summed E-state index contributed by atoms with van der Waals surface area (Å²) in [7, 11) is 0. The molecule has 0 amide bonds. The van der Waals surface area contributed by atoms with Crippen LogP contribution in [0.2, 0.25) is 10.0 Å². The maximum Gasteiger partial charge on any atom is 0.335 e. The monoisotopic (exact) mass is 482 g/mol. The number of H-pyrrole nitrogens is 1. The number of nitrogens with one attached hydrogen (secondary N) is 1. The van der Waals surface area contributed by atoms with Crippen molar-refractivity contribution in [2.75, 3.05) is 0 Å². The van der Waals surface area contributed by atoms with Crippen molar-refractivity contribution in [2.45, 2.75) is 30.7 Å². The third-order valence-corrected chi connectivity index (χ3v) is 5.39. The van der Waals surface area contributed by atoms with Gasteiger partial charge in [0.05, 0.1) is 16.5 Å². The predicted octanol–water partition coefficient (Wildman–Crippen LogP) is 1.17. The van der Waals surface area contributed by atoms with E-state index in [0.29, 0.717) is 10.5 Å². The van der Waals surface area contributed by atoms with Gasteiger partial charge in [-0.1, -0.05) is 23.2 Å². The summed E-state index contributed by atoms with van der Waals surface area (Å²) in [5, 5.41) is 40.2. The molecular weight excluding hydrogens is 467 g/mol. The Labute approximate surface area is 189 Å². The van der Waals surface area contributed by atoms with E-state index in [4.69, 9.17) is 32.7 Å². The highest BCUT2D eigenvalue weighted by molar-refractivity contribution is 6.31. The topological polar surface area (TPSA) is 162 Å². The molecule has 32 heavy (non-hydrogen) atoms. The highest BCUT2D eigenvalue weighted by atomic mass is 35.5. The molecule has 4 rings (SSSR count). The standard InChI is InChI=1S/C20H16Cl2N2O8/c21-7-1-3-11-9(5-7)18(28)24-17(23-11)10-6-8(22)2-4-12(10)31-20-15(27)13(25)14(26)16(32-20)19(29)30/h1-6,13-16,20,25-27H,(H,29,30)(H,23,24,28)/t13-,14+,15?,16?,20+/m0/s1. The average molecular weight is 483 g/mol. The fraction of sp³-hybridized carbons (Fsp3) is 0.250. The smallest absolute Gasteiger partial charge is 0.335 e. The van der Waals surface area contributed by atoms with Gasteiger partial charge in [0.1, 0.15) is 29.9 Å². The van der Waals surface area contributed by atoms with Gasteiger partial charge in [-0.2, -0.15) is 0 Å². The van der Waals surface area contributed by atoms with Crippen LogP contribution in [0.15, 0.2) is 41.2 Å². The molecule has 168 valence electrons. The number of fused-ring (bicyclic) bond motifs is 1. The Balaban J connectivity index is 1.75. The molecule has 1 aliphatic rings. The molecule has 5 N–H and O–H groups in total. The summed E-state index contributed by atoms with van der Waals surface area (Å²) in [4.78, 5) is 30.9. The zero-order valence-corrected chi connectivity index (χ0v) is 17.5. The summed E-state index contributed by atoms with van der Waals surface area (Å²) < 4.78 is 10.8. The summed E-state index contributed by atoms with van der Waals surface area (Å²) in [5.74, 6) is -1.46. The molecule has 0 spiro atoms. The van der Waals surface area contributed by atoms with Crippen molar-refractivity contribution < 1.29 is 34.7 Å². The molecular formula is C20H16Cl2N2O8. The molecule has 3 aromatic rings. The summed E-state index contributed by atoms with van der Waals surface area (Å²) in [6, 6.07) is 8.88. The molecule has 0 radical (unpaired) electrons. The van der Waals surface area contributed by atoms with Crippen molar-refractivity contribution in [2.24, 2.45) is 0 Å². The molecule has 1 saturated heterocycles. The van der Waals surface area contributed by atoms with Crippen LogP contribution in [0.3, 0.4) is 0 Å². The number of aliphatic carboxylic acids is 1. The highest BCUT2D eigenvalue weighted by Crippen LogP contribution is 2.33. The Bertz CT molecular complexity index is 1250. The largest absolute Gasteiger partial charge is 0.479 e. The number of aromatic amines is 1. The summed E-state index contributed by atoms with van der Waals surface area (Å²) in [5.41, 5.74) is 0.0733. The average Bonchev–Trinajstić information content (AvgIpc) is 2.75. The predicted molar refractivity (Wildman–Crippen MR) is 113 cm³/mol. The SMILES string of the molecule is O=C(O)C1O[C@@H](Oc2ccc(Cl)cc2-c2nc3ccc(Cl)cc3c(=O)[nH]2)C(O)[C@@H](O)[C@H]1O. The van der Waals surface area contributed by atoms with Gasteiger partial charge in [-0.05, 0) is 36.4 Å². The van der Waals surface area contributed by atoms with Crippen LogP contribution in [-0.4, -0.2) is 67.1 Å². The molecule has 2 unspecified atom stereocenters. The van der Waals surface area contributed by atoms with Crippen LogP contribution in [0.4, 0.5) is 0 Å². The lowest BCUT2D eigenvalue weighted by Crippen LogP contribution is -2.61. The second-order valence-electron chi connectivity index (χ2n) is 7.07. The van der Waals surface area contributed by atoms with Gasteiger partial charge in [0.25, 0.3) is 5.56 Å². The van der Waals surface area contributed by atoms with E-state index in [0.717, 1.165) is 0 Å². The molecule has 2 aromatic carbocycles. The number of hydrogen-bond donors (Lipinski definition) is 5. The molecule has 0 aliphatic carbocycles. The number of aliphatic hydroxyl groups excluding tert-OH is 3. The Morgan fingerprint density at radius 2 is 1.72 bits per heavy atom. The van der Waals surface area contributed by atoms with Crippen molar-refractivity contribution >= 4 is 40.1 Å². The highest BCUT2D eigenvalue weighted by Gasteiger charge is 2.48. The van der Waals surface area contributed by atoms with Crippen molar-refractivity contribution in [3.8, 4) is 17.1 Å². The van der Waals surface area contributed by atoms with Gasteiger partial charge < -0.3 is 34.9 Å². The minimum Gasteiger partial charge on any atom is -0.479 e. The summed E-state index contributed by atoms with van der Waals surface area (Å²) >= 11 is 12.0. The molecule has 1 aliphatic heterocycles. The van der Waals surface area contributed by atoms with Crippen LogP contribution in [-0.2, 0) is 9.53 Å². The van der Waals surface area contributed by atoms with Gasteiger partial charge in [-0.3, -0.25) is 4.79 Å². The number of halogens is 2. The maximum absolute atomic E-state index is 12.5. The van der Waals surface area contributed by atoms with E-state index >= 15 is 0 Å². The molecule has 1 aromatic heterocycles. The number of hydrogen-bond acceptors (Lipinski definition) is 8. The first-order valence-corrected chi connectivity index (χ1v) is 10.00. The molecule has 2 heterocycles. The number of carboxylic acid groups (broad SMARTS) is 1. The Morgan fingerprint density at radius 3 is 2.44 bits per heavy atom. The minimum absolute atomic E-state index is 0.0163. The van der Waals surface area contributed by atoms with Crippen LogP contribution in [0, 0.1) is 0 Å². The number of aromatic nitrogens is 2. The second-order valence-corrected chi connectivity index (χ2v) is 7.94. The fourth-order valence-electron chi connectivity index (χ4n) is 3.30. The number of benzene rings is 2. The van der Waals surface area contributed by atoms with Crippen LogP contribution in [0.25, 0.3) is 22.3 Å². The summed E-state index contributed by atoms with van der Waals surface area (Å²) in [6.45, 7) is 0. The zero-order valence-electron chi connectivity index (χ0n) is 16.0. The van der Waals surface area contributed by atoms with Gasteiger partial charge in [0.2, 0.25) is 6.29 Å². The number of carbonyl (C=O) groups is 1. The lowest BCUT2D eigenvalue weighted by Gasteiger charge is -2.38. The van der Waals surface area contributed by atoms with Crippen molar-refractivity contribution in [1.29, 1.82) is 0 Å². The van der Waals surface area contributed by atoms with E-state index in [-0.39, 0.29) is 27.5 Å². The molecule has 0 bridgehead atoms. The Hall–Kier alpha value is -2.73. The fourth-order valence-corrected chi connectivity index (χ4v) is 3.65. The number of rotatable bonds is 4. The molecule has 5 atom stereocenters. The van der Waals surface area contributed by atoms with Gasteiger partial charge in [0, 0.05) is 10.0 Å². The van der Waals surface area contributed by atoms with Crippen LogP contribution >= 0.6 is 23.2 Å². The third-order valence-electron chi connectivity index (χ3n) is 4.92. The number of nitrogens with zero attached hydrogens (tertiary/aromatic N) is 1. The van der Waals surface area contributed by atoms with Gasteiger partial charge in [-0.15, -0.1) is 0 Å². The van der Waals surface area contributed by atoms with E-state index in [1.54, 1.807) is 12.1 Å². The van der Waals surface area contributed by atoms with Crippen molar-refractivity contribution in [1.82, 2.24) is 9.97 Å². The maximum atomic E-state index is 12.5. The molecule has 12 heteroatoms. The lowest BCUT2D eigenvalue weighted by molar-refractivity contribution is -0.271. The van der Waals surface area contributed by atoms with Gasteiger partial charge in [0.15, 0.2) is 6.10 Å². The lowest BCUT2D eigenvalue weighted by atomic mass is 9.99. The first kappa shape index (κ1) is 22.5. The number of ether oxygens (including phenoxy) is 2. The minimum atomic E-state index is -1.86. The second kappa shape index (κ2) is 8.66. The molecule has 1 fully saturated rings. The number of aliphatic hydroxyl groups is 3. The van der Waals surface area contributed by atoms with Gasteiger partial charge >= 0.3 is 5.97 Å². The van der Waals surface area contributed by atoms with E-state index in [9.17, 15) is 30.0 Å². The first-order chi connectivity index (χ1) is 15.2. The van der Waals surface area contributed by atoms with E-state index < -0.39 is 42.2 Å². The number of carboxylic acids is 1. The molecule has 10 nitrogen and oxygen atoms in total. The molecule has 0 saturated carbocycles. The van der Waals surface area contributed by atoms with Crippen LogP contribution in [0.5, 0.6) is 5.75 Å². The van der Waals surface area contributed by atoms with E-state index in [1.807, 2.05) is 0 Å². The summed E-state index contributed by atoms with van der Waals surface area (Å²) in [6.07, 6.45) is -8.96. The van der Waals surface area contributed by atoms with Crippen LogP contribution in [0.1, 0.15) is 0 Å². The van der Waals surface area contributed by atoms with E-state index in [2.05, 4.69) is 9.97 Å². The third kappa shape index (κ3) is 4.16. The normalized spacial score (nSPS) is 25.6. The zero-order chi connectivity index (χ0) is 23.2. The first-order valence-electron chi connectivity index (χ1n) is 9.24.